The minimum absolute atomic E-state index is 0.185. The van der Waals surface area contributed by atoms with Crippen LogP contribution >= 0.6 is 11.6 Å². The third-order valence-corrected chi connectivity index (χ3v) is 3.68. The van der Waals surface area contributed by atoms with Crippen LogP contribution in [0.5, 0.6) is 0 Å². The molecule has 0 aromatic carbocycles. The van der Waals surface area contributed by atoms with Gasteiger partial charge in [-0.2, -0.15) is 15.3 Å². The van der Waals surface area contributed by atoms with E-state index in [-0.39, 0.29) is 12.1 Å². The fourth-order valence-corrected chi connectivity index (χ4v) is 2.65. The maximum Gasteiger partial charge on any atom is 0.0912 e. The van der Waals surface area contributed by atoms with Gasteiger partial charge in [0, 0.05) is 11.6 Å². The Morgan fingerprint density at radius 2 is 2.10 bits per heavy atom. The van der Waals surface area contributed by atoms with Gasteiger partial charge < -0.3 is 0 Å². The largest absolute Gasteiger partial charge is 0.271 e. The van der Waals surface area contributed by atoms with E-state index in [0.29, 0.717) is 5.02 Å². The Morgan fingerprint density at radius 3 is 2.67 bits per heavy atom. The summed E-state index contributed by atoms with van der Waals surface area (Å²) in [7, 11) is 0. The summed E-state index contributed by atoms with van der Waals surface area (Å²) < 4.78 is 1.88. The van der Waals surface area contributed by atoms with Crippen molar-refractivity contribution in [3.63, 3.8) is 0 Å². The maximum absolute atomic E-state index is 6.33. The molecule has 2 heterocycles. The quantitative estimate of drug-likeness (QED) is 0.654. The first kappa shape index (κ1) is 15.9. The minimum Gasteiger partial charge on any atom is -0.271 e. The number of hydrogen-bond acceptors (Lipinski definition) is 5. The molecule has 0 saturated carbocycles. The van der Waals surface area contributed by atoms with Crippen molar-refractivity contribution in [2.75, 3.05) is 0 Å². The molecule has 0 spiro atoms. The summed E-state index contributed by atoms with van der Waals surface area (Å²) in [5.74, 6) is 5.81. The van der Waals surface area contributed by atoms with Crippen LogP contribution in [0.4, 0.5) is 0 Å². The second-order valence-corrected chi connectivity index (χ2v) is 5.66. The molecule has 1 unspecified atom stereocenters. The Kier molecular flexibility index (Phi) is 4.92. The van der Waals surface area contributed by atoms with E-state index in [1.807, 2.05) is 24.6 Å². The monoisotopic (exact) mass is 308 g/mol. The van der Waals surface area contributed by atoms with Crippen molar-refractivity contribution in [2.24, 2.45) is 5.84 Å². The van der Waals surface area contributed by atoms with Gasteiger partial charge in [0.25, 0.3) is 0 Å². The Hall–Kier alpha value is -1.50. The number of halogens is 1. The van der Waals surface area contributed by atoms with Crippen LogP contribution in [0.25, 0.3) is 0 Å². The van der Waals surface area contributed by atoms with Crippen molar-refractivity contribution in [3.05, 3.63) is 39.9 Å². The second-order valence-electron chi connectivity index (χ2n) is 5.26. The molecular weight excluding hydrogens is 288 g/mol. The smallest absolute Gasteiger partial charge is 0.0912 e. The number of hydrazine groups is 1. The highest BCUT2D eigenvalue weighted by atomic mass is 35.5. The van der Waals surface area contributed by atoms with Crippen LogP contribution in [0, 0.1) is 6.92 Å². The molecule has 6 nitrogen and oxygen atoms in total. The number of aryl methyl sites for hydroxylation is 2. The maximum atomic E-state index is 6.33. The van der Waals surface area contributed by atoms with Gasteiger partial charge in [-0.3, -0.25) is 10.5 Å². The predicted molar refractivity (Wildman–Crippen MR) is 82.9 cm³/mol. The zero-order valence-corrected chi connectivity index (χ0v) is 13.5. The number of hydrogen-bond donors (Lipinski definition) is 2. The van der Waals surface area contributed by atoms with Crippen molar-refractivity contribution in [2.45, 2.75) is 46.2 Å². The van der Waals surface area contributed by atoms with E-state index >= 15 is 0 Å². The van der Waals surface area contributed by atoms with Crippen LogP contribution in [0.15, 0.2) is 12.3 Å². The van der Waals surface area contributed by atoms with Gasteiger partial charge in [-0.1, -0.05) is 18.5 Å². The van der Waals surface area contributed by atoms with Crippen molar-refractivity contribution >= 4 is 11.6 Å². The highest BCUT2D eigenvalue weighted by Gasteiger charge is 2.25. The predicted octanol–water partition coefficient (Wildman–Crippen LogP) is 2.33. The normalized spacial score (nSPS) is 12.9. The third-order valence-electron chi connectivity index (χ3n) is 3.39. The average Bonchev–Trinajstić information content (AvgIpc) is 2.82. The first-order valence-corrected chi connectivity index (χ1v) is 7.39. The summed E-state index contributed by atoms with van der Waals surface area (Å²) in [4.78, 5) is 0. The van der Waals surface area contributed by atoms with Gasteiger partial charge in [-0.05, 0) is 33.3 Å². The first-order valence-electron chi connectivity index (χ1n) is 7.01. The topological polar surface area (TPSA) is 81.7 Å². The second kappa shape index (κ2) is 6.51. The van der Waals surface area contributed by atoms with Crippen molar-refractivity contribution < 1.29 is 0 Å². The molecular formula is C14H21ClN6. The van der Waals surface area contributed by atoms with E-state index in [0.717, 1.165) is 29.1 Å². The minimum atomic E-state index is -0.272. The Labute approximate surface area is 129 Å². The lowest BCUT2D eigenvalue weighted by molar-refractivity contribution is 0.474. The van der Waals surface area contributed by atoms with Gasteiger partial charge in [0.15, 0.2) is 0 Å². The van der Waals surface area contributed by atoms with Gasteiger partial charge in [-0.15, -0.1) is 0 Å². The van der Waals surface area contributed by atoms with E-state index in [1.165, 1.54) is 0 Å². The Balaban J connectivity index is 2.60. The van der Waals surface area contributed by atoms with Crippen LogP contribution in [-0.2, 0) is 6.42 Å². The van der Waals surface area contributed by atoms with E-state index in [4.69, 9.17) is 17.4 Å². The highest BCUT2D eigenvalue weighted by molar-refractivity contribution is 6.31. The zero-order chi connectivity index (χ0) is 15.6. The molecule has 1 atom stereocenters. The Morgan fingerprint density at radius 1 is 1.38 bits per heavy atom. The summed E-state index contributed by atoms with van der Waals surface area (Å²) in [6.45, 7) is 8.05. The third kappa shape index (κ3) is 3.07. The molecule has 0 aliphatic heterocycles. The molecule has 0 fully saturated rings. The standard InChI is InChI=1S/C14H21ClN6/c1-5-12-10(6-9(4)19-20-12)13(18-16)14-11(15)7-17-21(14)8(2)3/h6-8,13,18H,5,16H2,1-4H3. The van der Waals surface area contributed by atoms with Crippen LogP contribution in [-0.4, -0.2) is 20.0 Å². The van der Waals surface area contributed by atoms with E-state index in [2.05, 4.69) is 34.6 Å². The number of rotatable bonds is 5. The molecule has 0 saturated heterocycles. The lowest BCUT2D eigenvalue weighted by atomic mass is 10.0. The summed E-state index contributed by atoms with van der Waals surface area (Å²) in [5.41, 5.74) is 6.41. The molecule has 2 rings (SSSR count). The van der Waals surface area contributed by atoms with E-state index in [9.17, 15) is 0 Å². The van der Waals surface area contributed by atoms with E-state index in [1.54, 1.807) is 6.20 Å². The van der Waals surface area contributed by atoms with Crippen molar-refractivity contribution in [3.8, 4) is 0 Å². The summed E-state index contributed by atoms with van der Waals surface area (Å²) in [6, 6.07) is 1.90. The molecule has 114 valence electrons. The number of aromatic nitrogens is 4. The molecule has 0 aliphatic carbocycles. The molecule has 3 N–H and O–H groups in total. The number of nitrogens with two attached hydrogens (primary N) is 1. The average molecular weight is 309 g/mol. The fraction of sp³-hybridized carbons (Fsp3) is 0.500. The first-order chi connectivity index (χ1) is 9.99. The molecule has 0 aliphatic rings. The molecule has 0 radical (unpaired) electrons. The van der Waals surface area contributed by atoms with Gasteiger partial charge in [0.05, 0.1) is 34.3 Å². The highest BCUT2D eigenvalue weighted by Crippen LogP contribution is 2.31. The molecule has 2 aromatic heterocycles. The van der Waals surface area contributed by atoms with Crippen LogP contribution < -0.4 is 11.3 Å². The van der Waals surface area contributed by atoms with E-state index < -0.39 is 0 Å². The summed E-state index contributed by atoms with van der Waals surface area (Å²) >= 11 is 6.33. The number of nitrogens with zero attached hydrogens (tertiary/aromatic N) is 4. The lowest BCUT2D eigenvalue weighted by Gasteiger charge is -2.22. The number of nitrogens with one attached hydrogen (secondary N) is 1. The van der Waals surface area contributed by atoms with Crippen LogP contribution in [0.1, 0.15) is 55.5 Å². The van der Waals surface area contributed by atoms with Gasteiger partial charge in [0.1, 0.15) is 0 Å². The molecule has 7 heteroatoms. The molecule has 21 heavy (non-hydrogen) atoms. The van der Waals surface area contributed by atoms with Gasteiger partial charge >= 0.3 is 0 Å². The van der Waals surface area contributed by atoms with Crippen LogP contribution in [0.3, 0.4) is 0 Å². The molecule has 0 amide bonds. The van der Waals surface area contributed by atoms with Gasteiger partial charge in [0.2, 0.25) is 0 Å². The SMILES string of the molecule is CCc1nnc(C)cc1C(NN)c1c(Cl)cnn1C(C)C. The molecule has 2 aromatic rings. The Bertz CT molecular complexity index is 622. The summed E-state index contributed by atoms with van der Waals surface area (Å²) in [6.07, 6.45) is 2.42. The summed E-state index contributed by atoms with van der Waals surface area (Å²) in [5, 5.41) is 13.3. The van der Waals surface area contributed by atoms with Crippen molar-refractivity contribution in [1.82, 2.24) is 25.4 Å². The molecule has 0 bridgehead atoms. The lowest BCUT2D eigenvalue weighted by Crippen LogP contribution is -2.32. The van der Waals surface area contributed by atoms with Crippen LogP contribution in [0.2, 0.25) is 5.02 Å². The van der Waals surface area contributed by atoms with Gasteiger partial charge in [-0.25, -0.2) is 5.43 Å². The zero-order valence-electron chi connectivity index (χ0n) is 12.8. The van der Waals surface area contributed by atoms with Crippen molar-refractivity contribution in [1.29, 1.82) is 0 Å². The fourth-order valence-electron chi connectivity index (χ4n) is 2.41.